The highest BCUT2D eigenvalue weighted by atomic mass is 16.2. The first-order valence-electron chi connectivity index (χ1n) is 10.4. The molecule has 2 N–H and O–H groups in total. The van der Waals surface area contributed by atoms with Crippen LogP contribution in [0.25, 0.3) is 16.9 Å². The largest absolute Gasteiger partial charge is 0.351 e. The fourth-order valence-electron chi connectivity index (χ4n) is 3.72. The summed E-state index contributed by atoms with van der Waals surface area (Å²) in [7, 11) is 3.75. The molecule has 0 radical (unpaired) electrons. The molecule has 0 spiro atoms. The highest BCUT2D eigenvalue weighted by Gasteiger charge is 2.26. The number of amides is 1. The van der Waals surface area contributed by atoms with Crippen molar-refractivity contribution < 1.29 is 4.79 Å². The standard InChI is InChI=1S/C20H24N6O.C2H7N/c1-14(16-6-5-11-25(12-16)15(2)27)23-20-21-10-9-19(24-20)26-13-22-17-7-3-4-8-18(17)26;1-3-2/h3-4,7-10,13-14,16H,5-6,11-12H2,1-2H3,(H,21,23,24);3H,1-2H3. The van der Waals surface area contributed by atoms with E-state index >= 15 is 0 Å². The van der Waals surface area contributed by atoms with Gasteiger partial charge in [0.05, 0.1) is 11.0 Å². The Morgan fingerprint density at radius 3 is 2.73 bits per heavy atom. The van der Waals surface area contributed by atoms with E-state index in [2.05, 4.69) is 32.5 Å². The smallest absolute Gasteiger partial charge is 0.224 e. The Labute approximate surface area is 177 Å². The molecule has 1 fully saturated rings. The van der Waals surface area contributed by atoms with E-state index in [1.807, 2.05) is 53.9 Å². The molecule has 2 aromatic heterocycles. The average molecular weight is 410 g/mol. The Morgan fingerprint density at radius 2 is 1.97 bits per heavy atom. The summed E-state index contributed by atoms with van der Waals surface area (Å²) in [5, 5.41) is 6.18. The third kappa shape index (κ3) is 5.13. The van der Waals surface area contributed by atoms with Gasteiger partial charge in [-0.1, -0.05) is 12.1 Å². The number of aromatic nitrogens is 4. The number of benzene rings is 1. The van der Waals surface area contributed by atoms with E-state index in [1.54, 1.807) is 19.4 Å². The molecule has 160 valence electrons. The Morgan fingerprint density at radius 1 is 1.20 bits per heavy atom. The molecule has 1 saturated heterocycles. The molecular formula is C22H31N7O. The summed E-state index contributed by atoms with van der Waals surface area (Å²) in [6.07, 6.45) is 5.68. The summed E-state index contributed by atoms with van der Waals surface area (Å²) in [5.74, 6) is 1.92. The molecule has 0 saturated carbocycles. The second kappa shape index (κ2) is 10.2. The maximum Gasteiger partial charge on any atom is 0.224 e. The molecule has 2 atom stereocenters. The molecule has 30 heavy (non-hydrogen) atoms. The number of carbonyl (C=O) groups is 1. The topological polar surface area (TPSA) is 88.0 Å². The van der Waals surface area contributed by atoms with Gasteiger partial charge in [-0.15, -0.1) is 0 Å². The molecule has 1 aromatic carbocycles. The normalized spacial score (nSPS) is 17.2. The van der Waals surface area contributed by atoms with Crippen molar-refractivity contribution in [1.29, 1.82) is 0 Å². The Kier molecular flexibility index (Phi) is 7.35. The number of hydrogen-bond acceptors (Lipinski definition) is 6. The van der Waals surface area contributed by atoms with Crippen molar-refractivity contribution in [3.8, 4) is 5.82 Å². The first-order chi connectivity index (χ1) is 14.5. The zero-order chi connectivity index (χ0) is 21.5. The van der Waals surface area contributed by atoms with Crippen LogP contribution in [0.1, 0.15) is 26.7 Å². The molecule has 3 aromatic rings. The van der Waals surface area contributed by atoms with Crippen molar-refractivity contribution in [2.45, 2.75) is 32.7 Å². The van der Waals surface area contributed by atoms with Crippen molar-refractivity contribution in [2.24, 2.45) is 5.92 Å². The van der Waals surface area contributed by atoms with Gasteiger partial charge in [-0.25, -0.2) is 9.97 Å². The van der Waals surface area contributed by atoms with Gasteiger partial charge in [0.1, 0.15) is 12.1 Å². The summed E-state index contributed by atoms with van der Waals surface area (Å²) in [4.78, 5) is 27.1. The zero-order valence-corrected chi connectivity index (χ0v) is 18.2. The molecule has 1 amide bonds. The van der Waals surface area contributed by atoms with Crippen molar-refractivity contribution in [2.75, 3.05) is 32.5 Å². The number of para-hydroxylation sites is 2. The fraction of sp³-hybridized carbons (Fsp3) is 0.455. The van der Waals surface area contributed by atoms with E-state index in [0.717, 1.165) is 42.8 Å². The quantitative estimate of drug-likeness (QED) is 0.689. The number of anilines is 1. The number of nitrogens with zero attached hydrogens (tertiary/aromatic N) is 5. The van der Waals surface area contributed by atoms with Crippen molar-refractivity contribution in [1.82, 2.24) is 29.7 Å². The highest BCUT2D eigenvalue weighted by molar-refractivity contribution is 5.76. The van der Waals surface area contributed by atoms with Crippen LogP contribution in [-0.4, -0.2) is 63.6 Å². The summed E-state index contributed by atoms with van der Waals surface area (Å²) in [6.45, 7) is 5.42. The van der Waals surface area contributed by atoms with Gasteiger partial charge in [0, 0.05) is 32.3 Å². The number of imidazole rings is 1. The molecule has 2 unspecified atom stereocenters. The minimum Gasteiger partial charge on any atom is -0.351 e. The summed E-state index contributed by atoms with van der Waals surface area (Å²) in [5.41, 5.74) is 1.95. The zero-order valence-electron chi connectivity index (χ0n) is 18.2. The van der Waals surface area contributed by atoms with Crippen LogP contribution < -0.4 is 10.6 Å². The minimum atomic E-state index is 0.150. The van der Waals surface area contributed by atoms with E-state index < -0.39 is 0 Å². The van der Waals surface area contributed by atoms with Gasteiger partial charge in [0.25, 0.3) is 0 Å². The summed E-state index contributed by atoms with van der Waals surface area (Å²) < 4.78 is 1.96. The molecule has 1 aliphatic rings. The number of nitrogens with one attached hydrogen (secondary N) is 2. The van der Waals surface area contributed by atoms with Crippen LogP contribution in [0, 0.1) is 5.92 Å². The van der Waals surface area contributed by atoms with Crippen molar-refractivity contribution in [3.63, 3.8) is 0 Å². The van der Waals surface area contributed by atoms with Gasteiger partial charge in [0.15, 0.2) is 0 Å². The average Bonchev–Trinajstić information content (AvgIpc) is 3.19. The lowest BCUT2D eigenvalue weighted by Crippen LogP contribution is -2.44. The van der Waals surface area contributed by atoms with E-state index in [4.69, 9.17) is 0 Å². The van der Waals surface area contributed by atoms with Gasteiger partial charge in [-0.2, -0.15) is 4.98 Å². The second-order valence-electron chi connectivity index (χ2n) is 7.64. The number of likely N-dealkylation sites (tertiary alicyclic amines) is 1. The molecule has 0 bridgehead atoms. The van der Waals surface area contributed by atoms with Crippen LogP contribution in [0.15, 0.2) is 42.9 Å². The van der Waals surface area contributed by atoms with Crippen LogP contribution in [0.2, 0.25) is 0 Å². The summed E-state index contributed by atoms with van der Waals surface area (Å²) >= 11 is 0. The van der Waals surface area contributed by atoms with Crippen LogP contribution in [0.4, 0.5) is 5.95 Å². The van der Waals surface area contributed by atoms with Crippen LogP contribution in [0.3, 0.4) is 0 Å². The molecule has 8 heteroatoms. The lowest BCUT2D eigenvalue weighted by molar-refractivity contribution is -0.130. The van der Waals surface area contributed by atoms with Gasteiger partial charge >= 0.3 is 0 Å². The van der Waals surface area contributed by atoms with E-state index in [0.29, 0.717) is 11.9 Å². The number of hydrogen-bond donors (Lipinski definition) is 2. The number of piperidine rings is 1. The Hall–Kier alpha value is -3.00. The van der Waals surface area contributed by atoms with Gasteiger partial charge in [0.2, 0.25) is 11.9 Å². The first-order valence-corrected chi connectivity index (χ1v) is 10.4. The van der Waals surface area contributed by atoms with E-state index in [9.17, 15) is 4.79 Å². The number of carbonyl (C=O) groups excluding carboxylic acids is 1. The predicted octanol–water partition coefficient (Wildman–Crippen LogP) is 2.71. The lowest BCUT2D eigenvalue weighted by atomic mass is 9.91. The minimum absolute atomic E-state index is 0.150. The third-order valence-corrected chi connectivity index (χ3v) is 5.31. The molecule has 1 aliphatic heterocycles. The lowest BCUT2D eigenvalue weighted by Gasteiger charge is -2.35. The first kappa shape index (κ1) is 21.7. The Bertz CT molecular complexity index is 971. The van der Waals surface area contributed by atoms with Crippen molar-refractivity contribution in [3.05, 3.63) is 42.9 Å². The fourth-order valence-corrected chi connectivity index (χ4v) is 3.72. The van der Waals surface area contributed by atoms with E-state index in [-0.39, 0.29) is 11.9 Å². The van der Waals surface area contributed by atoms with Gasteiger partial charge < -0.3 is 15.5 Å². The number of fused-ring (bicyclic) bond motifs is 1. The van der Waals surface area contributed by atoms with E-state index in [1.165, 1.54) is 0 Å². The predicted molar refractivity (Wildman–Crippen MR) is 120 cm³/mol. The SMILES string of the molecule is CC(=O)N1CCCC(C(C)Nc2nccc(-n3cnc4ccccc43)n2)C1.CNC. The molecular weight excluding hydrogens is 378 g/mol. The molecule has 8 nitrogen and oxygen atoms in total. The maximum atomic E-state index is 11.7. The molecule has 4 rings (SSSR count). The highest BCUT2D eigenvalue weighted by Crippen LogP contribution is 2.22. The number of rotatable bonds is 4. The summed E-state index contributed by atoms with van der Waals surface area (Å²) in [6, 6.07) is 10.0. The van der Waals surface area contributed by atoms with Crippen LogP contribution >= 0.6 is 0 Å². The molecule has 3 heterocycles. The Balaban J connectivity index is 0.000000806. The second-order valence-corrected chi connectivity index (χ2v) is 7.64. The monoisotopic (exact) mass is 409 g/mol. The van der Waals surface area contributed by atoms with Gasteiger partial charge in [-0.3, -0.25) is 9.36 Å². The van der Waals surface area contributed by atoms with Crippen LogP contribution in [0.5, 0.6) is 0 Å². The maximum absolute atomic E-state index is 11.7. The third-order valence-electron chi connectivity index (χ3n) is 5.31. The van der Waals surface area contributed by atoms with Gasteiger partial charge in [-0.05, 0) is 58.0 Å². The van der Waals surface area contributed by atoms with Crippen LogP contribution in [-0.2, 0) is 4.79 Å². The van der Waals surface area contributed by atoms with Crippen molar-refractivity contribution >= 4 is 22.9 Å². The molecule has 0 aliphatic carbocycles.